The Kier molecular flexibility index (Phi) is 3.16. The molecular weight excluding hydrogens is 308 g/mol. The molecule has 0 saturated carbocycles. The van der Waals surface area contributed by atoms with Crippen molar-refractivity contribution in [2.45, 2.75) is 35.9 Å². The normalized spacial score (nSPS) is 27.5. The Labute approximate surface area is 119 Å². The Bertz CT molecular complexity index is 719. The highest BCUT2D eigenvalue weighted by Crippen LogP contribution is 2.42. The molecule has 0 radical (unpaired) electrons. The fourth-order valence-corrected chi connectivity index (χ4v) is 5.20. The molecule has 7 heteroatoms. The number of alkyl halides is 3. The number of sulfone groups is 1. The minimum Gasteiger partial charge on any atom is -0.228 e. The van der Waals surface area contributed by atoms with Crippen molar-refractivity contribution in [2.75, 3.05) is 0 Å². The molecule has 2 atom stereocenters. The van der Waals surface area contributed by atoms with Crippen LogP contribution in [0.2, 0.25) is 0 Å². The molecule has 1 fully saturated rings. The first kappa shape index (κ1) is 14.6. The van der Waals surface area contributed by atoms with E-state index in [1.165, 1.54) is 6.08 Å². The highest BCUT2D eigenvalue weighted by molar-refractivity contribution is 7.93. The number of allylic oxidation sites excluding steroid dienone is 1. The Morgan fingerprint density at radius 1 is 1.14 bits per heavy atom. The minimum absolute atomic E-state index is 0.0804. The molecule has 3 rings (SSSR count). The second-order valence-corrected chi connectivity index (χ2v) is 7.87. The lowest BCUT2D eigenvalue weighted by atomic mass is 9.98. The molecule has 1 saturated heterocycles. The van der Waals surface area contributed by atoms with Gasteiger partial charge in [0, 0.05) is 5.56 Å². The molecule has 2 heterocycles. The summed E-state index contributed by atoms with van der Waals surface area (Å²) in [5.74, 6) is -0.757. The summed E-state index contributed by atoms with van der Waals surface area (Å²) in [6.45, 7) is 0. The van der Waals surface area contributed by atoms with Gasteiger partial charge in [-0.3, -0.25) is 0 Å². The molecule has 0 amide bonds. The summed E-state index contributed by atoms with van der Waals surface area (Å²) >= 11 is 0. The van der Waals surface area contributed by atoms with E-state index in [4.69, 9.17) is 0 Å². The second kappa shape index (κ2) is 4.56. The zero-order valence-corrected chi connectivity index (χ0v) is 11.6. The van der Waals surface area contributed by atoms with Crippen molar-refractivity contribution in [1.82, 2.24) is 0 Å². The number of benzene rings is 1. The Balaban J connectivity index is 2.06. The first-order valence-corrected chi connectivity index (χ1v) is 8.11. The average molecular weight is 320 g/mol. The van der Waals surface area contributed by atoms with Crippen LogP contribution in [0.25, 0.3) is 5.57 Å². The quantitative estimate of drug-likeness (QED) is 0.741. The van der Waals surface area contributed by atoms with Crippen LogP contribution in [0.5, 0.6) is 0 Å². The van der Waals surface area contributed by atoms with Gasteiger partial charge in [-0.2, -0.15) is 13.2 Å². The molecular formula is C14H12F4O2S. The summed E-state index contributed by atoms with van der Waals surface area (Å²) in [4.78, 5) is 0. The minimum atomic E-state index is -4.55. The third-order valence-corrected chi connectivity index (χ3v) is 6.68. The average Bonchev–Trinajstić information content (AvgIpc) is 2.57. The molecule has 2 bridgehead atoms. The summed E-state index contributed by atoms with van der Waals surface area (Å²) in [7, 11) is -3.24. The van der Waals surface area contributed by atoms with E-state index in [-0.39, 0.29) is 12.0 Å². The molecule has 0 aromatic heterocycles. The summed E-state index contributed by atoms with van der Waals surface area (Å²) in [5.41, 5.74) is -0.710. The van der Waals surface area contributed by atoms with E-state index >= 15 is 0 Å². The Morgan fingerprint density at radius 3 is 2.48 bits per heavy atom. The number of rotatable bonds is 1. The van der Waals surface area contributed by atoms with Crippen LogP contribution in [-0.2, 0) is 16.0 Å². The lowest BCUT2D eigenvalue weighted by Gasteiger charge is -2.21. The first-order valence-electron chi connectivity index (χ1n) is 6.50. The summed E-state index contributed by atoms with van der Waals surface area (Å²) in [5, 5.41) is -1.29. The number of hydrogen-bond acceptors (Lipinski definition) is 2. The molecule has 2 aliphatic rings. The van der Waals surface area contributed by atoms with Gasteiger partial charge in [0.15, 0.2) is 9.84 Å². The van der Waals surface area contributed by atoms with Crippen LogP contribution < -0.4 is 0 Å². The van der Waals surface area contributed by atoms with E-state index in [0.29, 0.717) is 24.5 Å². The third-order valence-electron chi connectivity index (χ3n) is 4.13. The van der Waals surface area contributed by atoms with Crippen molar-refractivity contribution in [1.29, 1.82) is 0 Å². The highest BCUT2D eigenvalue weighted by Gasteiger charge is 2.43. The van der Waals surface area contributed by atoms with Gasteiger partial charge >= 0.3 is 6.18 Å². The van der Waals surface area contributed by atoms with Gasteiger partial charge in [-0.25, -0.2) is 12.8 Å². The first-order chi connectivity index (χ1) is 9.69. The van der Waals surface area contributed by atoms with Crippen LogP contribution in [-0.4, -0.2) is 18.9 Å². The highest BCUT2D eigenvalue weighted by atomic mass is 32.2. The SMILES string of the molecule is O=S1(=O)C2C=C(c3cc(C(F)(F)F)ccc3F)CC1CC2. The van der Waals surface area contributed by atoms with Crippen molar-refractivity contribution in [3.8, 4) is 0 Å². The number of fused-ring (bicyclic) bond motifs is 2. The van der Waals surface area contributed by atoms with E-state index < -0.39 is 37.9 Å². The van der Waals surface area contributed by atoms with Crippen molar-refractivity contribution in [3.05, 3.63) is 41.2 Å². The molecule has 2 aliphatic heterocycles. The van der Waals surface area contributed by atoms with Crippen LogP contribution in [0.3, 0.4) is 0 Å². The monoisotopic (exact) mass is 320 g/mol. The maximum atomic E-state index is 13.9. The molecule has 1 aromatic carbocycles. The third kappa shape index (κ3) is 2.37. The molecule has 114 valence electrons. The van der Waals surface area contributed by atoms with Crippen LogP contribution >= 0.6 is 0 Å². The topological polar surface area (TPSA) is 34.1 Å². The van der Waals surface area contributed by atoms with E-state index in [1.807, 2.05) is 0 Å². The lowest BCUT2D eigenvalue weighted by molar-refractivity contribution is -0.137. The van der Waals surface area contributed by atoms with Gasteiger partial charge in [0.1, 0.15) is 5.82 Å². The predicted octanol–water partition coefficient (Wildman–Crippen LogP) is 3.58. The van der Waals surface area contributed by atoms with Crippen LogP contribution in [0.15, 0.2) is 24.3 Å². The number of halogens is 4. The molecule has 2 nitrogen and oxygen atoms in total. The number of hydrogen-bond donors (Lipinski definition) is 0. The van der Waals surface area contributed by atoms with E-state index in [0.717, 1.165) is 12.1 Å². The van der Waals surface area contributed by atoms with Crippen LogP contribution in [0, 0.1) is 5.82 Å². The maximum absolute atomic E-state index is 13.9. The smallest absolute Gasteiger partial charge is 0.228 e. The molecule has 0 spiro atoms. The molecule has 0 aliphatic carbocycles. The summed E-state index contributed by atoms with van der Waals surface area (Å²) < 4.78 is 75.9. The Hall–Kier alpha value is -1.37. The Morgan fingerprint density at radius 2 is 1.86 bits per heavy atom. The van der Waals surface area contributed by atoms with Crippen molar-refractivity contribution < 1.29 is 26.0 Å². The van der Waals surface area contributed by atoms with E-state index in [1.54, 1.807) is 0 Å². The fourth-order valence-electron chi connectivity index (χ4n) is 3.01. The van der Waals surface area contributed by atoms with Gasteiger partial charge in [0.05, 0.1) is 16.1 Å². The van der Waals surface area contributed by atoms with Gasteiger partial charge in [0.2, 0.25) is 0 Å². The van der Waals surface area contributed by atoms with Crippen molar-refractivity contribution >= 4 is 15.4 Å². The van der Waals surface area contributed by atoms with Crippen LogP contribution in [0.1, 0.15) is 30.4 Å². The van der Waals surface area contributed by atoms with E-state index in [9.17, 15) is 26.0 Å². The molecule has 2 unspecified atom stereocenters. The van der Waals surface area contributed by atoms with Crippen LogP contribution in [0.4, 0.5) is 17.6 Å². The zero-order valence-electron chi connectivity index (χ0n) is 10.8. The summed E-state index contributed by atoms with van der Waals surface area (Å²) in [6.07, 6.45) is -2.12. The van der Waals surface area contributed by atoms with E-state index in [2.05, 4.69) is 0 Å². The maximum Gasteiger partial charge on any atom is 0.416 e. The molecule has 21 heavy (non-hydrogen) atoms. The summed E-state index contributed by atoms with van der Waals surface area (Å²) in [6, 6.07) is 2.23. The predicted molar refractivity (Wildman–Crippen MR) is 69.7 cm³/mol. The zero-order chi connectivity index (χ0) is 15.4. The standard InChI is InChI=1S/C14H12F4O2S/c15-13-4-1-9(14(16,17)18)7-12(13)8-5-10-2-3-11(6-8)21(10,19)20/h1,4-5,7,10-11H,2-3,6H2. The van der Waals surface area contributed by atoms with Crippen molar-refractivity contribution in [3.63, 3.8) is 0 Å². The van der Waals surface area contributed by atoms with Gasteiger partial charge in [-0.05, 0) is 43.0 Å². The largest absolute Gasteiger partial charge is 0.416 e. The van der Waals surface area contributed by atoms with Gasteiger partial charge in [0.25, 0.3) is 0 Å². The molecule has 1 aromatic rings. The molecule has 0 N–H and O–H groups in total. The second-order valence-electron chi connectivity index (χ2n) is 5.42. The van der Waals surface area contributed by atoms with Crippen molar-refractivity contribution in [2.24, 2.45) is 0 Å². The lowest BCUT2D eigenvalue weighted by Crippen LogP contribution is -2.26. The fraction of sp³-hybridized carbons (Fsp3) is 0.429. The van der Waals surface area contributed by atoms with Gasteiger partial charge in [-0.1, -0.05) is 6.08 Å². The van der Waals surface area contributed by atoms with Gasteiger partial charge in [-0.15, -0.1) is 0 Å². The van der Waals surface area contributed by atoms with Gasteiger partial charge < -0.3 is 0 Å².